The van der Waals surface area contributed by atoms with Crippen LogP contribution in [0.15, 0.2) is 18.2 Å². The number of rotatable bonds is 4. The summed E-state index contributed by atoms with van der Waals surface area (Å²) >= 11 is 0. The molecule has 0 amide bonds. The fraction of sp³-hybridized carbons (Fsp3) is 0.455. The summed E-state index contributed by atoms with van der Waals surface area (Å²) in [6.45, 7) is 1.45. The van der Waals surface area contributed by atoms with Crippen molar-refractivity contribution in [3.05, 3.63) is 35.4 Å². The van der Waals surface area contributed by atoms with Gasteiger partial charge in [0, 0.05) is 0 Å². The van der Waals surface area contributed by atoms with Crippen molar-refractivity contribution in [1.82, 2.24) is 0 Å². The molecule has 2 unspecified atom stereocenters. The molecule has 0 saturated heterocycles. The van der Waals surface area contributed by atoms with Gasteiger partial charge in [0.1, 0.15) is 0 Å². The van der Waals surface area contributed by atoms with Gasteiger partial charge in [-0.1, -0.05) is 12.1 Å². The summed E-state index contributed by atoms with van der Waals surface area (Å²) in [6, 6.07) is 3.93. The van der Waals surface area contributed by atoms with Gasteiger partial charge in [0.25, 0.3) is 0 Å². The van der Waals surface area contributed by atoms with Gasteiger partial charge >= 0.3 is 0 Å². The Balaban J connectivity index is 2.62. The summed E-state index contributed by atoms with van der Waals surface area (Å²) in [6.07, 6.45) is -1.36. The van der Waals surface area contributed by atoms with Crippen molar-refractivity contribution in [1.29, 1.82) is 0 Å². The van der Waals surface area contributed by atoms with E-state index in [1.807, 2.05) is 0 Å². The minimum atomic E-state index is -0.910. The van der Waals surface area contributed by atoms with Crippen LogP contribution in [0.25, 0.3) is 0 Å². The van der Waals surface area contributed by atoms with E-state index in [2.05, 4.69) is 0 Å². The van der Waals surface area contributed by atoms with Crippen LogP contribution in [0, 0.1) is 11.6 Å². The molecular formula is C11H14F2O2. The minimum Gasteiger partial charge on any atom is -0.391 e. The average Bonchev–Trinajstić information content (AvgIpc) is 2.19. The molecule has 2 nitrogen and oxygen atoms in total. The predicted octanol–water partition coefficient (Wildman–Crippen LogP) is 1.64. The first-order chi connectivity index (χ1) is 7.02. The van der Waals surface area contributed by atoms with Gasteiger partial charge in [-0.15, -0.1) is 0 Å². The molecule has 1 aromatic carbocycles. The molecule has 0 bridgehead atoms. The summed E-state index contributed by atoms with van der Waals surface area (Å²) < 4.78 is 25.9. The molecule has 0 aliphatic heterocycles. The van der Waals surface area contributed by atoms with Gasteiger partial charge < -0.3 is 10.2 Å². The second kappa shape index (κ2) is 5.19. The maximum atomic E-state index is 13.1. The summed E-state index contributed by atoms with van der Waals surface area (Å²) in [7, 11) is 0. The van der Waals surface area contributed by atoms with Crippen molar-refractivity contribution in [3.63, 3.8) is 0 Å². The molecule has 15 heavy (non-hydrogen) atoms. The smallest absolute Gasteiger partial charge is 0.162 e. The zero-order valence-corrected chi connectivity index (χ0v) is 8.45. The van der Waals surface area contributed by atoms with E-state index in [0.29, 0.717) is 0 Å². The molecule has 2 N–H and O–H groups in total. The molecule has 0 aliphatic carbocycles. The van der Waals surface area contributed by atoms with Crippen LogP contribution < -0.4 is 0 Å². The number of aliphatic hydroxyl groups is 2. The van der Waals surface area contributed by atoms with Gasteiger partial charge in [-0.2, -0.15) is 0 Å². The maximum absolute atomic E-state index is 13.1. The van der Waals surface area contributed by atoms with E-state index < -0.39 is 23.8 Å². The van der Waals surface area contributed by atoms with Gasteiger partial charge in [0.15, 0.2) is 11.6 Å². The molecule has 4 heteroatoms. The van der Waals surface area contributed by atoms with Crippen LogP contribution in [-0.4, -0.2) is 22.4 Å². The van der Waals surface area contributed by atoms with Crippen LogP contribution in [0.5, 0.6) is 0 Å². The Morgan fingerprint density at radius 2 is 1.93 bits per heavy atom. The molecule has 84 valence electrons. The van der Waals surface area contributed by atoms with Crippen molar-refractivity contribution >= 4 is 0 Å². The topological polar surface area (TPSA) is 40.5 Å². The van der Waals surface area contributed by atoms with Crippen LogP contribution in [0.2, 0.25) is 0 Å². The third-order valence-corrected chi connectivity index (χ3v) is 2.30. The minimum absolute atomic E-state index is 0.204. The van der Waals surface area contributed by atoms with Crippen LogP contribution >= 0.6 is 0 Å². The summed E-state index contributed by atoms with van der Waals surface area (Å²) in [4.78, 5) is 0. The highest BCUT2D eigenvalue weighted by atomic mass is 19.2. The third kappa shape index (κ3) is 3.25. The normalized spacial score (nSPS) is 15.0. The number of aliphatic hydroxyl groups excluding tert-OH is 2. The van der Waals surface area contributed by atoms with Crippen molar-refractivity contribution in [2.75, 3.05) is 0 Å². The highest BCUT2D eigenvalue weighted by molar-refractivity contribution is 5.19. The van der Waals surface area contributed by atoms with Crippen molar-refractivity contribution < 1.29 is 19.0 Å². The van der Waals surface area contributed by atoms with E-state index >= 15 is 0 Å². The molecule has 0 fully saturated rings. The monoisotopic (exact) mass is 216 g/mol. The number of hydrogen-bond acceptors (Lipinski definition) is 2. The largest absolute Gasteiger partial charge is 0.391 e. The lowest BCUT2D eigenvalue weighted by molar-refractivity contribution is 0.0264. The second-order valence-corrected chi connectivity index (χ2v) is 3.56. The van der Waals surface area contributed by atoms with Gasteiger partial charge in [-0.25, -0.2) is 8.78 Å². The van der Waals surface area contributed by atoms with Gasteiger partial charge in [0.2, 0.25) is 0 Å². The molecule has 0 saturated carbocycles. The number of benzene rings is 1. The summed E-state index contributed by atoms with van der Waals surface area (Å²) in [5.74, 6) is -1.77. The van der Waals surface area contributed by atoms with Gasteiger partial charge in [0.05, 0.1) is 12.2 Å². The molecule has 1 aromatic rings. The molecular weight excluding hydrogens is 202 g/mol. The van der Waals surface area contributed by atoms with Crippen molar-refractivity contribution in [2.45, 2.75) is 32.0 Å². The van der Waals surface area contributed by atoms with E-state index in [1.165, 1.54) is 19.1 Å². The van der Waals surface area contributed by atoms with E-state index in [1.54, 1.807) is 0 Å². The lowest BCUT2D eigenvalue weighted by Crippen LogP contribution is -2.23. The number of hydrogen-bond donors (Lipinski definition) is 2. The first kappa shape index (κ1) is 12.1. The fourth-order valence-electron chi connectivity index (χ4n) is 1.29. The quantitative estimate of drug-likeness (QED) is 0.803. The molecule has 0 aromatic heterocycles. The molecule has 2 atom stereocenters. The molecule has 0 heterocycles. The van der Waals surface area contributed by atoms with Crippen LogP contribution in [0.1, 0.15) is 18.9 Å². The Labute approximate surface area is 87.2 Å². The fourth-order valence-corrected chi connectivity index (χ4v) is 1.29. The third-order valence-electron chi connectivity index (χ3n) is 2.30. The lowest BCUT2D eigenvalue weighted by atomic mass is 10.0. The average molecular weight is 216 g/mol. The van der Waals surface area contributed by atoms with E-state index in [0.717, 1.165) is 6.07 Å². The predicted molar refractivity (Wildman–Crippen MR) is 52.4 cm³/mol. The van der Waals surface area contributed by atoms with Crippen LogP contribution in [0.4, 0.5) is 8.78 Å². The van der Waals surface area contributed by atoms with Crippen molar-refractivity contribution in [2.24, 2.45) is 0 Å². The lowest BCUT2D eigenvalue weighted by Gasteiger charge is -2.13. The standard InChI is InChI=1S/C11H14F2O2/c1-7(14)10(15)6-5-8-3-2-4-9(12)11(8)13/h2-4,7,10,14-15H,5-6H2,1H3. The first-order valence-electron chi connectivity index (χ1n) is 4.81. The zero-order valence-electron chi connectivity index (χ0n) is 8.45. The van der Waals surface area contributed by atoms with E-state index in [4.69, 9.17) is 5.11 Å². The Morgan fingerprint density at radius 1 is 1.27 bits per heavy atom. The van der Waals surface area contributed by atoms with Crippen LogP contribution in [0.3, 0.4) is 0 Å². The van der Waals surface area contributed by atoms with E-state index in [-0.39, 0.29) is 18.4 Å². The number of aryl methyl sites for hydroxylation is 1. The van der Waals surface area contributed by atoms with Gasteiger partial charge in [-0.05, 0) is 31.4 Å². The Hall–Kier alpha value is -1.00. The Bertz CT molecular complexity index is 326. The highest BCUT2D eigenvalue weighted by Gasteiger charge is 2.13. The van der Waals surface area contributed by atoms with Crippen molar-refractivity contribution in [3.8, 4) is 0 Å². The molecule has 1 rings (SSSR count). The summed E-state index contributed by atoms with van der Waals surface area (Å²) in [5.41, 5.74) is 0.217. The van der Waals surface area contributed by atoms with Gasteiger partial charge in [-0.3, -0.25) is 0 Å². The molecule has 0 aliphatic rings. The molecule has 0 radical (unpaired) electrons. The Kier molecular flexibility index (Phi) is 4.17. The Morgan fingerprint density at radius 3 is 2.53 bits per heavy atom. The second-order valence-electron chi connectivity index (χ2n) is 3.56. The van der Waals surface area contributed by atoms with E-state index in [9.17, 15) is 13.9 Å². The maximum Gasteiger partial charge on any atom is 0.162 e. The SMILES string of the molecule is CC(O)C(O)CCc1cccc(F)c1F. The summed E-state index contributed by atoms with van der Waals surface area (Å²) in [5, 5.41) is 18.3. The highest BCUT2D eigenvalue weighted by Crippen LogP contribution is 2.14. The first-order valence-corrected chi connectivity index (χ1v) is 4.81. The molecule has 0 spiro atoms. The number of halogens is 2. The zero-order chi connectivity index (χ0) is 11.4. The van der Waals surface area contributed by atoms with Crippen LogP contribution in [-0.2, 0) is 6.42 Å².